The first-order valence-corrected chi connectivity index (χ1v) is 3.66. The molecule has 0 aliphatic carbocycles. The van der Waals surface area contributed by atoms with Crippen LogP contribution in [0, 0.1) is 0 Å². The van der Waals surface area contributed by atoms with Crippen molar-refractivity contribution in [1.29, 1.82) is 0 Å². The zero-order chi connectivity index (χ0) is 11.1. The lowest BCUT2D eigenvalue weighted by Crippen LogP contribution is -1.85. The highest BCUT2D eigenvalue weighted by Gasteiger charge is 2.05. The SMILES string of the molecule is [2H]C([2H])([2H])Oc1cnc(Cl)c2[nH]ccc12. The Labute approximate surface area is 78.5 Å². The van der Waals surface area contributed by atoms with Crippen LogP contribution in [0.2, 0.25) is 5.15 Å². The molecular weight excluding hydrogens is 176 g/mol. The van der Waals surface area contributed by atoms with E-state index in [4.69, 9.17) is 20.5 Å². The second kappa shape index (κ2) is 2.68. The Kier molecular flexibility index (Phi) is 1.05. The first-order valence-electron chi connectivity index (χ1n) is 4.78. The maximum absolute atomic E-state index is 6.99. The summed E-state index contributed by atoms with van der Waals surface area (Å²) in [7, 11) is -2.49. The van der Waals surface area contributed by atoms with Gasteiger partial charge in [-0.15, -0.1) is 0 Å². The quantitative estimate of drug-likeness (QED) is 0.692. The van der Waals surface area contributed by atoms with E-state index in [2.05, 4.69) is 9.97 Å². The number of nitrogens with zero attached hydrogens (tertiary/aromatic N) is 1. The van der Waals surface area contributed by atoms with E-state index in [0.29, 0.717) is 10.9 Å². The normalized spacial score (nSPS) is 15.2. The molecule has 0 spiro atoms. The van der Waals surface area contributed by atoms with Crippen LogP contribution in [0.5, 0.6) is 5.75 Å². The molecule has 0 aromatic carbocycles. The smallest absolute Gasteiger partial charge is 0.153 e. The number of rotatable bonds is 1. The lowest BCUT2D eigenvalue weighted by atomic mass is 10.3. The van der Waals surface area contributed by atoms with Gasteiger partial charge >= 0.3 is 0 Å². The largest absolute Gasteiger partial charge is 0.494 e. The van der Waals surface area contributed by atoms with Crippen molar-refractivity contribution >= 4 is 22.5 Å². The van der Waals surface area contributed by atoms with Gasteiger partial charge in [0.05, 0.1) is 22.9 Å². The van der Waals surface area contributed by atoms with Gasteiger partial charge in [0.1, 0.15) is 5.75 Å². The van der Waals surface area contributed by atoms with E-state index in [1.807, 2.05) is 0 Å². The molecule has 0 radical (unpaired) electrons. The molecule has 2 rings (SSSR count). The number of fused-ring (bicyclic) bond motifs is 1. The van der Waals surface area contributed by atoms with Crippen molar-refractivity contribution in [2.75, 3.05) is 7.04 Å². The number of hydrogen-bond acceptors (Lipinski definition) is 2. The van der Waals surface area contributed by atoms with Gasteiger partial charge in [-0.1, -0.05) is 11.6 Å². The number of pyridine rings is 1. The molecule has 0 atom stereocenters. The lowest BCUT2D eigenvalue weighted by Gasteiger charge is -2.00. The Hall–Kier alpha value is -1.22. The van der Waals surface area contributed by atoms with Crippen LogP contribution in [-0.4, -0.2) is 17.0 Å². The summed E-state index contributed by atoms with van der Waals surface area (Å²) in [4.78, 5) is 6.68. The second-order valence-corrected chi connectivity index (χ2v) is 2.64. The van der Waals surface area contributed by atoms with E-state index in [1.54, 1.807) is 12.3 Å². The van der Waals surface area contributed by atoms with Crippen molar-refractivity contribution < 1.29 is 8.85 Å². The third-order valence-electron chi connectivity index (χ3n) is 1.62. The molecule has 2 heterocycles. The number of methoxy groups -OCH3 is 1. The molecule has 1 N–H and O–H groups in total. The zero-order valence-corrected chi connectivity index (χ0v) is 6.72. The number of H-pyrrole nitrogens is 1. The summed E-state index contributed by atoms with van der Waals surface area (Å²) in [6.45, 7) is 0. The Morgan fingerprint density at radius 1 is 1.75 bits per heavy atom. The third-order valence-corrected chi connectivity index (χ3v) is 1.91. The lowest BCUT2D eigenvalue weighted by molar-refractivity contribution is 0.418. The number of hydrogen-bond donors (Lipinski definition) is 1. The van der Waals surface area contributed by atoms with E-state index in [1.165, 1.54) is 6.20 Å². The van der Waals surface area contributed by atoms with Crippen LogP contribution in [0.3, 0.4) is 0 Å². The van der Waals surface area contributed by atoms with Crippen LogP contribution in [0.4, 0.5) is 0 Å². The second-order valence-electron chi connectivity index (χ2n) is 2.28. The van der Waals surface area contributed by atoms with Crippen LogP contribution in [0.25, 0.3) is 10.9 Å². The molecule has 12 heavy (non-hydrogen) atoms. The highest BCUT2D eigenvalue weighted by atomic mass is 35.5. The number of ether oxygens (including phenoxy) is 1. The fraction of sp³-hybridized carbons (Fsp3) is 0.125. The predicted octanol–water partition coefficient (Wildman–Crippen LogP) is 2.22. The standard InChI is InChI=1S/C8H7ClN2O/c1-12-6-4-11-8(9)7-5(6)2-3-10-7/h2-4,10H,1H3/i1D3. The Balaban J connectivity index is 2.53. The fourth-order valence-electron chi connectivity index (χ4n) is 1.08. The summed E-state index contributed by atoms with van der Waals surface area (Å²) in [5, 5.41) is 0.888. The molecule has 62 valence electrons. The molecule has 0 aliphatic rings. The summed E-state index contributed by atoms with van der Waals surface area (Å²) in [6.07, 6.45) is 2.94. The minimum Gasteiger partial charge on any atom is -0.494 e. The third kappa shape index (κ3) is 0.940. The van der Waals surface area contributed by atoms with Crippen molar-refractivity contribution in [1.82, 2.24) is 9.97 Å². The first kappa shape index (κ1) is 4.72. The molecule has 3 nitrogen and oxygen atoms in total. The predicted molar refractivity (Wildman–Crippen MR) is 47.7 cm³/mol. The van der Waals surface area contributed by atoms with E-state index >= 15 is 0 Å². The molecule has 4 heteroatoms. The molecule has 0 fully saturated rings. The zero-order valence-electron chi connectivity index (χ0n) is 8.97. The van der Waals surface area contributed by atoms with E-state index in [-0.39, 0.29) is 10.9 Å². The highest BCUT2D eigenvalue weighted by Crippen LogP contribution is 2.27. The molecule has 0 saturated carbocycles. The van der Waals surface area contributed by atoms with Crippen molar-refractivity contribution in [3.05, 3.63) is 23.6 Å². The van der Waals surface area contributed by atoms with Gasteiger partial charge in [-0.3, -0.25) is 0 Å². The fourth-order valence-corrected chi connectivity index (χ4v) is 1.28. The summed E-state index contributed by atoms with van der Waals surface area (Å²) in [5.41, 5.74) is 0.568. The van der Waals surface area contributed by atoms with Crippen molar-refractivity contribution in [3.8, 4) is 5.75 Å². The summed E-state index contributed by atoms with van der Waals surface area (Å²) >= 11 is 5.80. The minimum absolute atomic E-state index is 0.190. The van der Waals surface area contributed by atoms with Gasteiger partial charge in [0.15, 0.2) is 5.15 Å². The molecule has 0 unspecified atom stereocenters. The van der Waals surface area contributed by atoms with Crippen LogP contribution in [0.1, 0.15) is 4.11 Å². The van der Waals surface area contributed by atoms with Crippen LogP contribution >= 0.6 is 11.6 Å². The number of halogens is 1. The molecule has 0 aliphatic heterocycles. The van der Waals surface area contributed by atoms with Gasteiger partial charge in [0.2, 0.25) is 0 Å². The molecule has 2 aromatic rings. The van der Waals surface area contributed by atoms with Gasteiger partial charge < -0.3 is 9.72 Å². The van der Waals surface area contributed by atoms with Crippen LogP contribution in [-0.2, 0) is 0 Å². The highest BCUT2D eigenvalue weighted by molar-refractivity contribution is 6.34. The van der Waals surface area contributed by atoms with Gasteiger partial charge in [-0.2, -0.15) is 0 Å². The van der Waals surface area contributed by atoms with Gasteiger partial charge in [-0.05, 0) is 6.07 Å². The number of aromatic amines is 1. The van der Waals surface area contributed by atoms with Gasteiger partial charge in [-0.25, -0.2) is 4.98 Å². The maximum Gasteiger partial charge on any atom is 0.153 e. The van der Waals surface area contributed by atoms with E-state index in [0.717, 1.165) is 0 Å². The maximum atomic E-state index is 6.99. The number of nitrogens with one attached hydrogen (secondary N) is 1. The average molecular weight is 186 g/mol. The summed E-state index contributed by atoms with van der Waals surface area (Å²) in [6, 6.07) is 1.68. The minimum atomic E-state index is -2.49. The Morgan fingerprint density at radius 2 is 2.67 bits per heavy atom. The molecule has 0 saturated heterocycles. The van der Waals surface area contributed by atoms with Gasteiger partial charge in [0.25, 0.3) is 0 Å². The van der Waals surface area contributed by atoms with Crippen LogP contribution < -0.4 is 4.74 Å². The first-order chi connectivity index (χ1) is 6.97. The van der Waals surface area contributed by atoms with Crippen molar-refractivity contribution in [2.45, 2.75) is 0 Å². The topological polar surface area (TPSA) is 37.9 Å². The molecular formula is C8H7ClN2O. The summed E-state index contributed by atoms with van der Waals surface area (Å²) < 4.78 is 25.8. The van der Waals surface area contributed by atoms with E-state index in [9.17, 15) is 0 Å². The Bertz CT molecular complexity index is 494. The van der Waals surface area contributed by atoms with Crippen molar-refractivity contribution in [3.63, 3.8) is 0 Å². The Morgan fingerprint density at radius 3 is 3.50 bits per heavy atom. The number of aromatic nitrogens is 2. The van der Waals surface area contributed by atoms with Crippen molar-refractivity contribution in [2.24, 2.45) is 0 Å². The molecule has 0 bridgehead atoms. The monoisotopic (exact) mass is 185 g/mol. The average Bonchev–Trinajstić information content (AvgIpc) is 2.57. The molecule has 2 aromatic heterocycles. The van der Waals surface area contributed by atoms with Gasteiger partial charge in [0, 0.05) is 11.6 Å². The molecule has 0 amide bonds. The van der Waals surface area contributed by atoms with Crippen LogP contribution in [0.15, 0.2) is 18.5 Å². The summed E-state index contributed by atoms with van der Waals surface area (Å²) in [5.74, 6) is 0.190. The van der Waals surface area contributed by atoms with E-state index < -0.39 is 7.04 Å².